The van der Waals surface area contributed by atoms with Gasteiger partial charge in [0.2, 0.25) is 0 Å². The van der Waals surface area contributed by atoms with E-state index in [1.165, 1.54) is 6.07 Å². The van der Waals surface area contributed by atoms with Crippen molar-refractivity contribution >= 4 is 46.5 Å². The summed E-state index contributed by atoms with van der Waals surface area (Å²) in [7, 11) is 3.95. The maximum Gasteiger partial charge on any atom is 0.282 e. The number of aliphatic hydroxyl groups excluding tert-OH is 1. The molecule has 2 aliphatic heterocycles. The summed E-state index contributed by atoms with van der Waals surface area (Å²) in [5, 5.41) is 18.3. The summed E-state index contributed by atoms with van der Waals surface area (Å²) in [6.45, 7) is 1.68. The van der Waals surface area contributed by atoms with E-state index < -0.39 is 11.5 Å². The highest BCUT2D eigenvalue weighted by atomic mass is 16.3. The van der Waals surface area contributed by atoms with Crippen LogP contribution < -0.4 is 20.8 Å². The van der Waals surface area contributed by atoms with Crippen molar-refractivity contribution in [3.05, 3.63) is 124 Å². The fraction of sp³-hybridized carbons (Fsp3) is 0.0968. The number of carbonyl (C=O) groups excluding carboxylic acids is 1. The minimum absolute atomic E-state index is 0.0503. The summed E-state index contributed by atoms with van der Waals surface area (Å²) in [5.41, 5.74) is 7.28. The molecule has 11 heteroatoms. The van der Waals surface area contributed by atoms with Gasteiger partial charge < -0.3 is 10.0 Å². The largest absolute Gasteiger partial charge is 0.491 e. The molecule has 2 N–H and O–H groups in total. The topological polar surface area (TPSA) is 128 Å². The van der Waals surface area contributed by atoms with Crippen molar-refractivity contribution in [2.45, 2.75) is 6.92 Å². The molecule has 0 saturated carbocycles. The number of aliphatic hydroxyl groups is 1. The lowest BCUT2D eigenvalue weighted by molar-refractivity contribution is -0.113. The summed E-state index contributed by atoms with van der Waals surface area (Å²) >= 11 is 0. The summed E-state index contributed by atoms with van der Waals surface area (Å²) < 4.78 is 1.00. The van der Waals surface area contributed by atoms with Crippen LogP contribution in [-0.2, 0) is 4.79 Å². The first kappa shape index (κ1) is 26.4. The molecule has 11 nitrogen and oxygen atoms in total. The minimum atomic E-state index is -0.415. The van der Waals surface area contributed by atoms with E-state index in [1.807, 2.05) is 85.7 Å². The normalized spacial score (nSPS) is 16.1. The average molecular weight is 559 g/mol. The van der Waals surface area contributed by atoms with Crippen LogP contribution in [0.1, 0.15) is 22.6 Å². The number of hydrogen-bond donors (Lipinski definition) is 2. The van der Waals surface area contributed by atoms with Crippen LogP contribution in [0.5, 0.6) is 0 Å². The number of benzene rings is 3. The minimum Gasteiger partial charge on any atom is -0.491 e. The second-order valence-corrected chi connectivity index (χ2v) is 9.87. The van der Waals surface area contributed by atoms with Crippen LogP contribution in [0.15, 0.2) is 111 Å². The number of aliphatic imine (C=N–C) groups is 1. The summed E-state index contributed by atoms with van der Waals surface area (Å²) in [5.74, 6) is -0.0000983. The summed E-state index contributed by atoms with van der Waals surface area (Å²) in [6.07, 6.45) is 1.78. The molecule has 4 aromatic rings. The van der Waals surface area contributed by atoms with Crippen LogP contribution in [0.25, 0.3) is 6.08 Å². The molecule has 0 saturated heterocycles. The zero-order valence-electron chi connectivity index (χ0n) is 23.1. The zero-order valence-corrected chi connectivity index (χ0v) is 23.1. The van der Waals surface area contributed by atoms with Gasteiger partial charge in [-0.3, -0.25) is 19.9 Å². The number of hydrazone groups is 1. The molecule has 0 atom stereocenters. The first-order valence-corrected chi connectivity index (χ1v) is 13.1. The van der Waals surface area contributed by atoms with Gasteiger partial charge >= 0.3 is 0 Å². The number of aryl methyl sites for hydroxylation is 1. The number of aromatic nitrogens is 2. The van der Waals surface area contributed by atoms with Crippen LogP contribution in [0.3, 0.4) is 0 Å². The highest BCUT2D eigenvalue weighted by Crippen LogP contribution is 2.28. The van der Waals surface area contributed by atoms with Crippen LogP contribution in [0.2, 0.25) is 0 Å². The fourth-order valence-corrected chi connectivity index (χ4v) is 4.55. The Kier molecular flexibility index (Phi) is 6.67. The Morgan fingerprint density at radius 2 is 1.67 bits per heavy atom. The van der Waals surface area contributed by atoms with Crippen molar-refractivity contribution in [1.29, 1.82) is 0 Å². The van der Waals surface area contributed by atoms with Gasteiger partial charge in [0.25, 0.3) is 17.4 Å². The van der Waals surface area contributed by atoms with Crippen molar-refractivity contribution in [2.24, 2.45) is 15.2 Å². The molecule has 0 fully saturated rings. The van der Waals surface area contributed by atoms with E-state index in [9.17, 15) is 14.7 Å². The van der Waals surface area contributed by atoms with Crippen LogP contribution in [0, 0.1) is 6.92 Å². The number of para-hydroxylation sites is 1. The molecule has 1 aromatic heterocycles. The van der Waals surface area contributed by atoms with Crippen LogP contribution in [-0.4, -0.2) is 52.2 Å². The van der Waals surface area contributed by atoms with Gasteiger partial charge in [-0.05, 0) is 67.1 Å². The van der Waals surface area contributed by atoms with Crippen molar-refractivity contribution in [3.63, 3.8) is 0 Å². The molecule has 6 rings (SSSR count). The molecule has 0 aliphatic carbocycles. The molecular formula is C31H26N8O3. The predicted octanol–water partition coefficient (Wildman–Crippen LogP) is 4.00. The predicted molar refractivity (Wildman–Crippen MR) is 165 cm³/mol. The SMILES string of the molecule is Cc1cc(=O)n2c(n1)/C(=N/Nc1ccc(C3=N/C(=C/c4ccc(N(C)C)cc4)C(=O)N3c3ccccc3)cc1)C(O)=N2. The van der Waals surface area contributed by atoms with E-state index in [0.29, 0.717) is 28.6 Å². The van der Waals surface area contributed by atoms with Crippen molar-refractivity contribution in [2.75, 3.05) is 29.3 Å². The number of fused-ring (bicyclic) bond motifs is 1. The van der Waals surface area contributed by atoms with Gasteiger partial charge in [-0.1, -0.05) is 30.3 Å². The van der Waals surface area contributed by atoms with Gasteiger partial charge in [-0.2, -0.15) is 9.78 Å². The van der Waals surface area contributed by atoms with Gasteiger partial charge in [-0.15, -0.1) is 5.10 Å². The quantitative estimate of drug-likeness (QED) is 0.272. The maximum absolute atomic E-state index is 13.6. The van der Waals surface area contributed by atoms with Crippen LogP contribution >= 0.6 is 0 Å². The summed E-state index contributed by atoms with van der Waals surface area (Å²) in [6, 6.07) is 25.8. The van der Waals surface area contributed by atoms with E-state index in [4.69, 9.17) is 4.99 Å². The highest BCUT2D eigenvalue weighted by molar-refractivity contribution is 6.45. The third-order valence-electron chi connectivity index (χ3n) is 6.67. The maximum atomic E-state index is 13.6. The molecule has 0 spiro atoms. The lowest BCUT2D eigenvalue weighted by atomic mass is 10.1. The van der Waals surface area contributed by atoms with E-state index >= 15 is 0 Å². The van der Waals surface area contributed by atoms with Gasteiger partial charge in [0, 0.05) is 37.1 Å². The molecule has 3 aromatic carbocycles. The van der Waals surface area contributed by atoms with Crippen molar-refractivity contribution < 1.29 is 9.90 Å². The number of nitrogens with one attached hydrogen (secondary N) is 1. The van der Waals surface area contributed by atoms with Crippen LogP contribution in [0.4, 0.5) is 17.1 Å². The Bertz CT molecular complexity index is 1870. The molecule has 1 amide bonds. The zero-order chi connectivity index (χ0) is 29.4. The third-order valence-corrected chi connectivity index (χ3v) is 6.67. The van der Waals surface area contributed by atoms with E-state index in [0.717, 1.165) is 21.5 Å². The Morgan fingerprint density at radius 3 is 2.36 bits per heavy atom. The van der Waals surface area contributed by atoms with E-state index in [2.05, 4.69) is 20.6 Å². The molecule has 0 unspecified atom stereocenters. The molecule has 42 heavy (non-hydrogen) atoms. The summed E-state index contributed by atoms with van der Waals surface area (Å²) in [4.78, 5) is 38.4. The lowest BCUT2D eigenvalue weighted by Crippen LogP contribution is -2.32. The highest BCUT2D eigenvalue weighted by Gasteiger charge is 2.32. The third kappa shape index (κ3) is 4.94. The van der Waals surface area contributed by atoms with Gasteiger partial charge in [0.05, 0.1) is 11.4 Å². The Hall–Kier alpha value is -5.84. The smallest absolute Gasteiger partial charge is 0.282 e. The number of anilines is 3. The second-order valence-electron chi connectivity index (χ2n) is 9.87. The number of nitrogens with zero attached hydrogens (tertiary/aromatic N) is 7. The molecule has 0 bridgehead atoms. The molecular weight excluding hydrogens is 532 g/mol. The number of amides is 1. The average Bonchev–Trinajstić information content (AvgIpc) is 3.48. The second kappa shape index (κ2) is 10.6. The Balaban J connectivity index is 1.30. The van der Waals surface area contributed by atoms with E-state index in [-0.39, 0.29) is 17.4 Å². The van der Waals surface area contributed by atoms with Crippen molar-refractivity contribution in [1.82, 2.24) is 9.66 Å². The number of carbonyl (C=O) groups is 1. The first-order valence-electron chi connectivity index (χ1n) is 13.1. The fourth-order valence-electron chi connectivity index (χ4n) is 4.55. The van der Waals surface area contributed by atoms with Crippen molar-refractivity contribution in [3.8, 4) is 0 Å². The Labute approximate surface area is 241 Å². The van der Waals surface area contributed by atoms with E-state index in [1.54, 1.807) is 30.0 Å². The number of hydrogen-bond acceptors (Lipinski definition) is 8. The van der Waals surface area contributed by atoms with Gasteiger partial charge in [-0.25, -0.2) is 9.98 Å². The molecule has 3 heterocycles. The lowest BCUT2D eigenvalue weighted by Gasteiger charge is -2.18. The monoisotopic (exact) mass is 558 g/mol. The number of rotatable bonds is 6. The molecule has 208 valence electrons. The number of amidine groups is 1. The molecule has 0 radical (unpaired) electrons. The first-order chi connectivity index (χ1) is 20.3. The van der Waals surface area contributed by atoms with Gasteiger partial charge in [0.15, 0.2) is 11.5 Å². The Morgan fingerprint density at radius 1 is 0.952 bits per heavy atom. The molecule has 2 aliphatic rings. The standard InChI is InChI=1S/C31H26N8O3/c1-19-17-26(40)39-29(32-19)27(30(41)36-39)35-34-22-13-11-21(12-14-22)28-33-25(18-20-9-15-23(16-10-20)37(2)3)31(42)38(28)24-7-5-4-6-8-24/h4-18,34H,1-3H3,(H,36,41)/b25-18+,35-27-. The van der Waals surface area contributed by atoms with Gasteiger partial charge in [0.1, 0.15) is 11.5 Å².